The lowest BCUT2D eigenvalue weighted by atomic mass is 10.1. The molecule has 0 aliphatic rings. The first-order valence-electron chi connectivity index (χ1n) is 6.62. The van der Waals surface area contributed by atoms with Gasteiger partial charge in [0.05, 0.1) is 6.07 Å². The second-order valence-corrected chi connectivity index (χ2v) is 4.68. The van der Waals surface area contributed by atoms with Crippen LogP contribution >= 0.6 is 0 Å². The number of amides is 1. The fraction of sp³-hybridized carbons (Fsp3) is 0.176. The van der Waals surface area contributed by atoms with E-state index in [0.29, 0.717) is 0 Å². The SMILES string of the molecule is Cc1cccc(C(C#N)NC(=O)OCc2ccccc2)c1. The number of benzene rings is 2. The molecule has 0 radical (unpaired) electrons. The third-order valence-electron chi connectivity index (χ3n) is 2.98. The van der Waals surface area contributed by atoms with Gasteiger partial charge in [-0.3, -0.25) is 0 Å². The molecular weight excluding hydrogens is 264 g/mol. The molecule has 0 aliphatic carbocycles. The van der Waals surface area contributed by atoms with E-state index in [9.17, 15) is 10.1 Å². The lowest BCUT2D eigenvalue weighted by molar-refractivity contribution is 0.137. The zero-order chi connectivity index (χ0) is 15.1. The van der Waals surface area contributed by atoms with Gasteiger partial charge in [-0.15, -0.1) is 0 Å². The van der Waals surface area contributed by atoms with E-state index in [1.807, 2.05) is 55.5 Å². The normalized spacial score (nSPS) is 11.2. The van der Waals surface area contributed by atoms with Crippen LogP contribution in [-0.2, 0) is 11.3 Å². The summed E-state index contributed by atoms with van der Waals surface area (Å²) in [6.07, 6.45) is -0.605. The number of alkyl carbamates (subject to hydrolysis) is 1. The molecule has 1 N–H and O–H groups in total. The maximum Gasteiger partial charge on any atom is 0.408 e. The largest absolute Gasteiger partial charge is 0.445 e. The molecule has 1 unspecified atom stereocenters. The summed E-state index contributed by atoms with van der Waals surface area (Å²) in [7, 11) is 0. The Morgan fingerprint density at radius 2 is 2.00 bits per heavy atom. The quantitative estimate of drug-likeness (QED) is 0.932. The molecule has 0 heterocycles. The van der Waals surface area contributed by atoms with Gasteiger partial charge in [0, 0.05) is 0 Å². The Balaban J connectivity index is 1.93. The summed E-state index contributed by atoms with van der Waals surface area (Å²) in [5, 5.41) is 11.7. The molecule has 1 amide bonds. The molecule has 2 aromatic carbocycles. The molecular formula is C17H16N2O2. The van der Waals surface area contributed by atoms with E-state index in [0.717, 1.165) is 16.7 Å². The molecule has 0 aliphatic heterocycles. The fourth-order valence-corrected chi connectivity index (χ4v) is 1.92. The first kappa shape index (κ1) is 14.6. The Morgan fingerprint density at radius 3 is 2.67 bits per heavy atom. The lowest BCUT2D eigenvalue weighted by Crippen LogP contribution is -2.28. The molecule has 0 bridgehead atoms. The van der Waals surface area contributed by atoms with Crippen molar-refractivity contribution in [3.63, 3.8) is 0 Å². The van der Waals surface area contributed by atoms with Crippen LogP contribution in [0.1, 0.15) is 22.7 Å². The highest BCUT2D eigenvalue weighted by molar-refractivity contribution is 5.68. The van der Waals surface area contributed by atoms with Crippen LogP contribution in [-0.4, -0.2) is 6.09 Å². The zero-order valence-corrected chi connectivity index (χ0v) is 11.7. The van der Waals surface area contributed by atoms with Gasteiger partial charge in [0.2, 0.25) is 0 Å². The van der Waals surface area contributed by atoms with Crippen LogP contribution in [0.3, 0.4) is 0 Å². The minimum Gasteiger partial charge on any atom is -0.445 e. The van der Waals surface area contributed by atoms with Crippen molar-refractivity contribution in [2.75, 3.05) is 0 Å². The summed E-state index contributed by atoms with van der Waals surface area (Å²) in [4.78, 5) is 11.8. The minimum absolute atomic E-state index is 0.179. The molecule has 0 saturated carbocycles. The van der Waals surface area contributed by atoms with E-state index in [-0.39, 0.29) is 6.61 Å². The monoisotopic (exact) mass is 280 g/mol. The maximum absolute atomic E-state index is 11.8. The molecule has 0 aromatic heterocycles. The van der Waals surface area contributed by atoms with Gasteiger partial charge in [0.25, 0.3) is 0 Å². The maximum atomic E-state index is 11.8. The van der Waals surface area contributed by atoms with Crippen molar-refractivity contribution in [1.82, 2.24) is 5.32 Å². The summed E-state index contributed by atoms with van der Waals surface area (Å²) in [6, 6.07) is 18.2. The topological polar surface area (TPSA) is 62.1 Å². The average molecular weight is 280 g/mol. The van der Waals surface area contributed by atoms with Crippen LogP contribution in [0.25, 0.3) is 0 Å². The number of aryl methyl sites for hydroxylation is 1. The number of carbonyl (C=O) groups excluding carboxylic acids is 1. The second kappa shape index (κ2) is 7.11. The lowest BCUT2D eigenvalue weighted by Gasteiger charge is -2.13. The van der Waals surface area contributed by atoms with Crippen LogP contribution in [0.2, 0.25) is 0 Å². The number of carbonyl (C=O) groups is 1. The zero-order valence-electron chi connectivity index (χ0n) is 11.7. The molecule has 0 fully saturated rings. The predicted molar refractivity (Wildman–Crippen MR) is 79.3 cm³/mol. The molecule has 0 saturated heterocycles. The van der Waals surface area contributed by atoms with Crippen LogP contribution in [0.4, 0.5) is 4.79 Å². The summed E-state index contributed by atoms with van der Waals surface area (Å²) < 4.78 is 5.11. The Labute approximate surface area is 124 Å². The van der Waals surface area contributed by atoms with Crippen molar-refractivity contribution in [2.45, 2.75) is 19.6 Å². The summed E-state index contributed by atoms with van der Waals surface area (Å²) in [6.45, 7) is 2.12. The first-order chi connectivity index (χ1) is 10.2. The molecule has 106 valence electrons. The third-order valence-corrected chi connectivity index (χ3v) is 2.98. The fourth-order valence-electron chi connectivity index (χ4n) is 1.92. The Hall–Kier alpha value is -2.80. The molecule has 2 rings (SSSR count). The van der Waals surface area contributed by atoms with Crippen molar-refractivity contribution in [3.8, 4) is 6.07 Å². The molecule has 4 heteroatoms. The van der Waals surface area contributed by atoms with Gasteiger partial charge in [0.1, 0.15) is 12.6 Å². The smallest absolute Gasteiger partial charge is 0.408 e. The standard InChI is InChI=1S/C17H16N2O2/c1-13-6-5-9-15(10-13)16(11-18)19-17(20)21-12-14-7-3-2-4-8-14/h2-10,16H,12H2,1H3,(H,19,20). The van der Waals surface area contributed by atoms with Crippen molar-refractivity contribution < 1.29 is 9.53 Å². The van der Waals surface area contributed by atoms with Crippen molar-refractivity contribution >= 4 is 6.09 Å². The van der Waals surface area contributed by atoms with E-state index in [4.69, 9.17) is 4.74 Å². The van der Waals surface area contributed by atoms with Crippen LogP contribution in [0.5, 0.6) is 0 Å². The number of nitrogens with zero attached hydrogens (tertiary/aromatic N) is 1. The molecule has 21 heavy (non-hydrogen) atoms. The van der Waals surface area contributed by atoms with E-state index < -0.39 is 12.1 Å². The summed E-state index contributed by atoms with van der Waals surface area (Å²) in [5.41, 5.74) is 2.68. The van der Waals surface area contributed by atoms with E-state index in [2.05, 4.69) is 11.4 Å². The van der Waals surface area contributed by atoms with Gasteiger partial charge in [-0.25, -0.2) is 4.79 Å². The summed E-state index contributed by atoms with van der Waals surface area (Å²) >= 11 is 0. The van der Waals surface area contributed by atoms with Gasteiger partial charge in [0.15, 0.2) is 0 Å². The molecule has 1 atom stereocenters. The molecule has 2 aromatic rings. The Morgan fingerprint density at radius 1 is 1.24 bits per heavy atom. The van der Waals surface area contributed by atoms with Crippen molar-refractivity contribution in [3.05, 3.63) is 71.3 Å². The summed E-state index contributed by atoms with van der Waals surface area (Å²) in [5.74, 6) is 0. The van der Waals surface area contributed by atoms with Crippen LogP contribution in [0, 0.1) is 18.3 Å². The molecule has 4 nitrogen and oxygen atoms in total. The van der Waals surface area contributed by atoms with Crippen LogP contribution in [0.15, 0.2) is 54.6 Å². The number of nitriles is 1. The van der Waals surface area contributed by atoms with Gasteiger partial charge < -0.3 is 10.1 Å². The minimum atomic E-state index is -0.715. The number of nitrogens with one attached hydrogen (secondary N) is 1. The van der Waals surface area contributed by atoms with E-state index in [1.54, 1.807) is 6.07 Å². The highest BCUT2D eigenvalue weighted by atomic mass is 16.5. The number of rotatable bonds is 4. The Kier molecular flexibility index (Phi) is 4.94. The van der Waals surface area contributed by atoms with Crippen molar-refractivity contribution in [2.24, 2.45) is 0 Å². The number of ether oxygens (including phenoxy) is 1. The van der Waals surface area contributed by atoms with E-state index in [1.165, 1.54) is 0 Å². The number of hydrogen-bond acceptors (Lipinski definition) is 3. The molecule has 0 spiro atoms. The highest BCUT2D eigenvalue weighted by Gasteiger charge is 2.14. The Bertz CT molecular complexity index is 647. The van der Waals surface area contributed by atoms with Gasteiger partial charge in [-0.05, 0) is 18.1 Å². The number of hydrogen-bond donors (Lipinski definition) is 1. The van der Waals surface area contributed by atoms with Gasteiger partial charge in [-0.1, -0.05) is 60.2 Å². The second-order valence-electron chi connectivity index (χ2n) is 4.68. The van der Waals surface area contributed by atoms with Crippen molar-refractivity contribution in [1.29, 1.82) is 5.26 Å². The predicted octanol–water partition coefficient (Wildman–Crippen LogP) is 3.49. The third kappa shape index (κ3) is 4.36. The van der Waals surface area contributed by atoms with Gasteiger partial charge in [-0.2, -0.15) is 5.26 Å². The average Bonchev–Trinajstić information content (AvgIpc) is 2.51. The van der Waals surface area contributed by atoms with Crippen LogP contribution < -0.4 is 5.32 Å². The van der Waals surface area contributed by atoms with E-state index >= 15 is 0 Å². The highest BCUT2D eigenvalue weighted by Crippen LogP contribution is 2.14. The van der Waals surface area contributed by atoms with Gasteiger partial charge >= 0.3 is 6.09 Å². The first-order valence-corrected chi connectivity index (χ1v) is 6.62.